The molecule has 0 atom stereocenters. The predicted molar refractivity (Wildman–Crippen MR) is 76.5 cm³/mol. The Balaban J connectivity index is 1.80. The largest absolute Gasteiger partial charge is 0.330 e. The molecule has 1 heterocycles. The molecule has 1 aliphatic carbocycles. The lowest BCUT2D eigenvalue weighted by Crippen LogP contribution is -2.07. The molecule has 1 fully saturated rings. The summed E-state index contributed by atoms with van der Waals surface area (Å²) >= 11 is 0. The van der Waals surface area contributed by atoms with E-state index in [1.165, 1.54) is 56.1 Å². The maximum absolute atomic E-state index is 5.55. The number of aromatic nitrogens is 1. The molecule has 0 aromatic carbocycles. The van der Waals surface area contributed by atoms with Gasteiger partial charge in [0.2, 0.25) is 0 Å². The zero-order valence-electron chi connectivity index (χ0n) is 11.4. The van der Waals surface area contributed by atoms with E-state index in [1.54, 1.807) is 0 Å². The third kappa shape index (κ3) is 4.41. The summed E-state index contributed by atoms with van der Waals surface area (Å²) in [6, 6.07) is 2.32. The second kappa shape index (κ2) is 7.52. The smallest absolute Gasteiger partial charge is 0.0300 e. The number of nitrogens with two attached hydrogens (primary N) is 1. The van der Waals surface area contributed by atoms with E-state index in [1.807, 2.05) is 12.4 Å². The molecule has 18 heavy (non-hydrogen) atoms. The molecule has 0 unspecified atom stereocenters. The van der Waals surface area contributed by atoms with Gasteiger partial charge in [0.05, 0.1) is 0 Å². The molecule has 2 N–H and O–H groups in total. The van der Waals surface area contributed by atoms with Crippen LogP contribution in [-0.4, -0.2) is 11.5 Å². The summed E-state index contributed by atoms with van der Waals surface area (Å²) in [5, 5.41) is 0. The zero-order valence-corrected chi connectivity index (χ0v) is 11.4. The van der Waals surface area contributed by atoms with E-state index in [2.05, 4.69) is 11.1 Å². The van der Waals surface area contributed by atoms with Crippen molar-refractivity contribution in [3.63, 3.8) is 0 Å². The van der Waals surface area contributed by atoms with E-state index in [4.69, 9.17) is 5.73 Å². The highest BCUT2D eigenvalue weighted by molar-refractivity contribution is 5.18. The third-order valence-corrected chi connectivity index (χ3v) is 4.09. The fraction of sp³-hybridized carbons (Fsp3) is 0.688. The van der Waals surface area contributed by atoms with Gasteiger partial charge in [0.15, 0.2) is 0 Å². The van der Waals surface area contributed by atoms with Crippen LogP contribution in [0.5, 0.6) is 0 Å². The van der Waals surface area contributed by atoms with Crippen LogP contribution in [0.25, 0.3) is 0 Å². The standard InChI is InChI=1S/C16H26N2/c17-10-4-7-15-11-16(13-18-12-15)9-8-14-5-2-1-3-6-14/h11-14H,1-10,17H2. The van der Waals surface area contributed by atoms with Crippen LogP contribution in [-0.2, 0) is 12.8 Å². The fourth-order valence-electron chi connectivity index (χ4n) is 2.97. The quantitative estimate of drug-likeness (QED) is 0.834. The van der Waals surface area contributed by atoms with Gasteiger partial charge in [-0.05, 0) is 49.3 Å². The van der Waals surface area contributed by atoms with Gasteiger partial charge in [0, 0.05) is 12.4 Å². The van der Waals surface area contributed by atoms with Gasteiger partial charge in [-0.2, -0.15) is 0 Å². The van der Waals surface area contributed by atoms with Gasteiger partial charge in [-0.3, -0.25) is 4.98 Å². The minimum atomic E-state index is 0.770. The molecule has 2 nitrogen and oxygen atoms in total. The van der Waals surface area contributed by atoms with E-state index >= 15 is 0 Å². The minimum absolute atomic E-state index is 0.770. The molecule has 0 aliphatic heterocycles. The first-order chi connectivity index (χ1) is 8.88. The molecule has 0 saturated heterocycles. The Hall–Kier alpha value is -0.890. The van der Waals surface area contributed by atoms with E-state index in [0.29, 0.717) is 0 Å². The molecule has 0 bridgehead atoms. The van der Waals surface area contributed by atoms with Crippen LogP contribution in [0.3, 0.4) is 0 Å². The summed E-state index contributed by atoms with van der Waals surface area (Å²) in [5.74, 6) is 0.964. The van der Waals surface area contributed by atoms with Crippen molar-refractivity contribution in [2.24, 2.45) is 11.7 Å². The lowest BCUT2D eigenvalue weighted by molar-refractivity contribution is 0.339. The molecular formula is C16H26N2. The Morgan fingerprint density at radius 1 is 1.06 bits per heavy atom. The lowest BCUT2D eigenvalue weighted by Gasteiger charge is -2.21. The van der Waals surface area contributed by atoms with E-state index in [0.717, 1.165) is 25.3 Å². The molecule has 1 aromatic rings. The fourth-order valence-corrected chi connectivity index (χ4v) is 2.97. The molecule has 0 radical (unpaired) electrons. The van der Waals surface area contributed by atoms with E-state index < -0.39 is 0 Å². The van der Waals surface area contributed by atoms with Gasteiger partial charge in [-0.15, -0.1) is 0 Å². The first-order valence-corrected chi connectivity index (χ1v) is 7.51. The van der Waals surface area contributed by atoms with Crippen LogP contribution in [0, 0.1) is 5.92 Å². The molecule has 0 spiro atoms. The van der Waals surface area contributed by atoms with Crippen molar-refractivity contribution in [1.29, 1.82) is 0 Å². The molecule has 2 heteroatoms. The zero-order chi connectivity index (χ0) is 12.6. The Morgan fingerprint density at radius 3 is 2.50 bits per heavy atom. The molecule has 1 saturated carbocycles. The summed E-state index contributed by atoms with van der Waals surface area (Å²) < 4.78 is 0. The van der Waals surface area contributed by atoms with Gasteiger partial charge in [-0.25, -0.2) is 0 Å². The minimum Gasteiger partial charge on any atom is -0.330 e. The highest BCUT2D eigenvalue weighted by Crippen LogP contribution is 2.27. The monoisotopic (exact) mass is 246 g/mol. The number of nitrogens with zero attached hydrogens (tertiary/aromatic N) is 1. The highest BCUT2D eigenvalue weighted by Gasteiger charge is 2.13. The van der Waals surface area contributed by atoms with Crippen molar-refractivity contribution in [2.45, 2.75) is 57.8 Å². The molecule has 1 aromatic heterocycles. The van der Waals surface area contributed by atoms with Gasteiger partial charge in [0.1, 0.15) is 0 Å². The summed E-state index contributed by atoms with van der Waals surface area (Å²) in [5.41, 5.74) is 8.31. The van der Waals surface area contributed by atoms with Crippen LogP contribution in [0.4, 0.5) is 0 Å². The number of hydrogen-bond donors (Lipinski definition) is 1. The first-order valence-electron chi connectivity index (χ1n) is 7.51. The Kier molecular flexibility index (Phi) is 5.66. The van der Waals surface area contributed by atoms with Crippen LogP contribution >= 0.6 is 0 Å². The third-order valence-electron chi connectivity index (χ3n) is 4.09. The summed E-state index contributed by atoms with van der Waals surface area (Å²) in [6.07, 6.45) is 15.9. The molecular weight excluding hydrogens is 220 g/mol. The average molecular weight is 246 g/mol. The van der Waals surface area contributed by atoms with Crippen molar-refractivity contribution in [2.75, 3.05) is 6.54 Å². The van der Waals surface area contributed by atoms with Gasteiger partial charge >= 0.3 is 0 Å². The van der Waals surface area contributed by atoms with Crippen molar-refractivity contribution in [1.82, 2.24) is 4.98 Å². The van der Waals surface area contributed by atoms with Crippen molar-refractivity contribution in [3.8, 4) is 0 Å². The van der Waals surface area contributed by atoms with Crippen molar-refractivity contribution in [3.05, 3.63) is 29.6 Å². The molecule has 2 rings (SSSR count). The van der Waals surface area contributed by atoms with Crippen molar-refractivity contribution < 1.29 is 0 Å². The molecule has 100 valence electrons. The SMILES string of the molecule is NCCCc1cncc(CCC2CCCCC2)c1. The number of hydrogen-bond acceptors (Lipinski definition) is 2. The molecule has 1 aliphatic rings. The van der Waals surface area contributed by atoms with Gasteiger partial charge in [-0.1, -0.05) is 38.2 Å². The number of aryl methyl sites for hydroxylation is 2. The summed E-state index contributed by atoms with van der Waals surface area (Å²) in [4.78, 5) is 4.36. The average Bonchev–Trinajstić information content (AvgIpc) is 2.44. The van der Waals surface area contributed by atoms with Crippen LogP contribution in [0.15, 0.2) is 18.5 Å². The molecule has 0 amide bonds. The van der Waals surface area contributed by atoms with Gasteiger partial charge in [0.25, 0.3) is 0 Å². The Bertz CT molecular complexity index is 343. The van der Waals surface area contributed by atoms with Crippen LogP contribution in [0.2, 0.25) is 0 Å². The number of pyridine rings is 1. The second-order valence-electron chi connectivity index (χ2n) is 5.64. The number of rotatable bonds is 6. The summed E-state index contributed by atoms with van der Waals surface area (Å²) in [6.45, 7) is 0.770. The predicted octanol–water partition coefficient (Wildman–Crippen LogP) is 3.49. The van der Waals surface area contributed by atoms with E-state index in [-0.39, 0.29) is 0 Å². The van der Waals surface area contributed by atoms with E-state index in [9.17, 15) is 0 Å². The van der Waals surface area contributed by atoms with Crippen LogP contribution in [0.1, 0.15) is 56.1 Å². The van der Waals surface area contributed by atoms with Crippen molar-refractivity contribution >= 4 is 0 Å². The highest BCUT2D eigenvalue weighted by atomic mass is 14.6. The maximum Gasteiger partial charge on any atom is 0.0300 e. The topological polar surface area (TPSA) is 38.9 Å². The summed E-state index contributed by atoms with van der Waals surface area (Å²) in [7, 11) is 0. The maximum atomic E-state index is 5.55. The first kappa shape index (κ1) is 13.5. The van der Waals surface area contributed by atoms with Gasteiger partial charge < -0.3 is 5.73 Å². The normalized spacial score (nSPS) is 16.9. The Labute approximate surface area is 111 Å². The van der Waals surface area contributed by atoms with Crippen LogP contribution < -0.4 is 5.73 Å². The second-order valence-corrected chi connectivity index (χ2v) is 5.64. The lowest BCUT2D eigenvalue weighted by atomic mass is 9.85. The Morgan fingerprint density at radius 2 is 1.78 bits per heavy atom.